The summed E-state index contributed by atoms with van der Waals surface area (Å²) in [7, 11) is 1.95. The van der Waals surface area contributed by atoms with Crippen molar-refractivity contribution in [2.75, 3.05) is 25.5 Å². The summed E-state index contributed by atoms with van der Waals surface area (Å²) in [6.07, 6.45) is 3.80. The number of carbonyl (C=O) groups excluding carboxylic acids is 2. The molecule has 0 saturated heterocycles. The standard InChI is InChI=1S/C26H32N4O2/c1-17(2)14-24(31)19-6-4-7-21(15-19)28-23-11-10-20(16-22(23)18-8-9-18)25(32)29-26-27-12-5-13-30(26)3/h4,6-7,10-11,15-18,28H,5,8-9,12-14H2,1-3H3,(H,27,29,32). The zero-order valence-electron chi connectivity index (χ0n) is 19.1. The second-order valence-electron chi connectivity index (χ2n) is 9.24. The Morgan fingerprint density at radius 2 is 1.94 bits per heavy atom. The number of benzene rings is 2. The minimum absolute atomic E-state index is 0.132. The van der Waals surface area contributed by atoms with Gasteiger partial charge in [0.2, 0.25) is 5.96 Å². The Morgan fingerprint density at radius 1 is 1.12 bits per heavy atom. The fourth-order valence-electron chi connectivity index (χ4n) is 3.99. The molecule has 1 aliphatic carbocycles. The van der Waals surface area contributed by atoms with Crippen molar-refractivity contribution in [1.29, 1.82) is 0 Å². The molecule has 1 heterocycles. The van der Waals surface area contributed by atoms with Gasteiger partial charge >= 0.3 is 0 Å². The number of nitrogens with one attached hydrogen (secondary N) is 2. The molecule has 6 heteroatoms. The number of rotatable bonds is 7. The van der Waals surface area contributed by atoms with E-state index < -0.39 is 0 Å². The van der Waals surface area contributed by atoms with Crippen LogP contribution in [-0.2, 0) is 0 Å². The highest BCUT2D eigenvalue weighted by atomic mass is 16.2. The van der Waals surface area contributed by atoms with Gasteiger partial charge in [-0.15, -0.1) is 0 Å². The van der Waals surface area contributed by atoms with Crippen LogP contribution in [0.2, 0.25) is 0 Å². The predicted molar refractivity (Wildman–Crippen MR) is 129 cm³/mol. The highest BCUT2D eigenvalue weighted by molar-refractivity contribution is 6.06. The normalized spacial score (nSPS) is 16.0. The van der Waals surface area contributed by atoms with Crippen LogP contribution in [0, 0.1) is 5.92 Å². The first kappa shape index (κ1) is 22.1. The number of guanidine groups is 1. The number of amides is 1. The van der Waals surface area contributed by atoms with E-state index in [0.717, 1.165) is 54.9 Å². The van der Waals surface area contributed by atoms with Gasteiger partial charge < -0.3 is 10.2 Å². The second kappa shape index (κ2) is 9.55. The lowest BCUT2D eigenvalue weighted by molar-refractivity contribution is 0.0961. The third kappa shape index (κ3) is 5.36. The number of hydrogen-bond acceptors (Lipinski definition) is 5. The quantitative estimate of drug-likeness (QED) is 0.607. The van der Waals surface area contributed by atoms with Crippen LogP contribution in [-0.4, -0.2) is 42.7 Å². The molecule has 6 nitrogen and oxygen atoms in total. The maximum atomic E-state index is 12.9. The van der Waals surface area contributed by atoms with Gasteiger partial charge in [-0.1, -0.05) is 26.0 Å². The molecule has 168 valence electrons. The van der Waals surface area contributed by atoms with Gasteiger partial charge in [-0.05, 0) is 67.0 Å². The van der Waals surface area contributed by atoms with Crippen LogP contribution in [0.1, 0.15) is 71.7 Å². The van der Waals surface area contributed by atoms with Gasteiger partial charge in [0.1, 0.15) is 0 Å². The zero-order chi connectivity index (χ0) is 22.7. The number of carbonyl (C=O) groups is 2. The van der Waals surface area contributed by atoms with Crippen molar-refractivity contribution in [2.45, 2.75) is 45.4 Å². The molecule has 4 rings (SSSR count). The van der Waals surface area contributed by atoms with Gasteiger partial charge in [0.15, 0.2) is 5.78 Å². The van der Waals surface area contributed by atoms with Crippen molar-refractivity contribution in [2.24, 2.45) is 10.9 Å². The first-order valence-corrected chi connectivity index (χ1v) is 11.5. The lowest BCUT2D eigenvalue weighted by Gasteiger charge is -2.25. The Hall–Kier alpha value is -3.15. The van der Waals surface area contributed by atoms with Gasteiger partial charge in [-0.25, -0.2) is 0 Å². The lowest BCUT2D eigenvalue weighted by Crippen LogP contribution is -2.44. The van der Waals surface area contributed by atoms with E-state index in [1.807, 2.05) is 54.4 Å². The summed E-state index contributed by atoms with van der Waals surface area (Å²) in [5.41, 5.74) is 4.39. The molecule has 2 aromatic rings. The monoisotopic (exact) mass is 432 g/mol. The van der Waals surface area contributed by atoms with Crippen LogP contribution in [0.5, 0.6) is 0 Å². The summed E-state index contributed by atoms with van der Waals surface area (Å²) in [4.78, 5) is 31.7. The second-order valence-corrected chi connectivity index (χ2v) is 9.24. The van der Waals surface area contributed by atoms with Crippen LogP contribution >= 0.6 is 0 Å². The van der Waals surface area contributed by atoms with E-state index in [2.05, 4.69) is 29.5 Å². The van der Waals surface area contributed by atoms with Crippen LogP contribution in [0.25, 0.3) is 0 Å². The van der Waals surface area contributed by atoms with Gasteiger partial charge in [-0.2, -0.15) is 0 Å². The van der Waals surface area contributed by atoms with Crippen molar-refractivity contribution in [3.63, 3.8) is 0 Å². The van der Waals surface area contributed by atoms with E-state index >= 15 is 0 Å². The average molecular weight is 433 g/mol. The van der Waals surface area contributed by atoms with Gasteiger partial charge in [-0.3, -0.25) is 19.9 Å². The topological polar surface area (TPSA) is 73.8 Å². The van der Waals surface area contributed by atoms with Crippen LogP contribution in [0.3, 0.4) is 0 Å². The number of ketones is 1. The van der Waals surface area contributed by atoms with Crippen molar-refractivity contribution in [1.82, 2.24) is 10.2 Å². The summed E-state index contributed by atoms with van der Waals surface area (Å²) in [5, 5.41) is 6.44. The first-order chi connectivity index (χ1) is 15.4. The highest BCUT2D eigenvalue weighted by Crippen LogP contribution is 2.44. The van der Waals surface area contributed by atoms with E-state index in [4.69, 9.17) is 0 Å². The number of aliphatic imine (C=N–C) groups is 1. The third-order valence-electron chi connectivity index (χ3n) is 5.89. The van der Waals surface area contributed by atoms with Gasteiger partial charge in [0.25, 0.3) is 5.91 Å². The van der Waals surface area contributed by atoms with Gasteiger partial charge in [0, 0.05) is 49.1 Å². The van der Waals surface area contributed by atoms with Crippen molar-refractivity contribution in [3.8, 4) is 0 Å². The molecule has 0 bridgehead atoms. The lowest BCUT2D eigenvalue weighted by atomic mass is 10.0. The maximum Gasteiger partial charge on any atom is 0.257 e. The average Bonchev–Trinajstić information content (AvgIpc) is 3.61. The molecule has 0 spiro atoms. The van der Waals surface area contributed by atoms with Crippen molar-refractivity contribution < 1.29 is 9.59 Å². The fraction of sp³-hybridized carbons (Fsp3) is 0.423. The molecule has 0 aromatic heterocycles. The Bertz CT molecular complexity index is 1040. The number of hydrogen-bond donors (Lipinski definition) is 2. The zero-order valence-corrected chi connectivity index (χ0v) is 19.1. The van der Waals surface area contributed by atoms with E-state index in [9.17, 15) is 9.59 Å². The molecule has 1 fully saturated rings. The maximum absolute atomic E-state index is 12.9. The Labute approximate surface area is 190 Å². The highest BCUT2D eigenvalue weighted by Gasteiger charge is 2.27. The SMILES string of the molecule is CC(C)CC(=O)c1cccc(Nc2ccc(C(=O)NC3=NCCCN3C)cc2C2CC2)c1. The Morgan fingerprint density at radius 3 is 2.66 bits per heavy atom. The van der Waals surface area contributed by atoms with E-state index in [-0.39, 0.29) is 11.7 Å². The van der Waals surface area contributed by atoms with E-state index in [0.29, 0.717) is 29.8 Å². The third-order valence-corrected chi connectivity index (χ3v) is 5.89. The largest absolute Gasteiger partial charge is 0.355 e. The fourth-order valence-corrected chi connectivity index (χ4v) is 3.99. The molecule has 1 amide bonds. The number of anilines is 2. The van der Waals surface area contributed by atoms with Crippen LogP contribution in [0.4, 0.5) is 11.4 Å². The van der Waals surface area contributed by atoms with E-state index in [1.54, 1.807) is 0 Å². The van der Waals surface area contributed by atoms with Crippen LogP contribution in [0.15, 0.2) is 47.5 Å². The predicted octanol–water partition coefficient (Wildman–Crippen LogP) is 4.96. The summed E-state index contributed by atoms with van der Waals surface area (Å²) >= 11 is 0. The number of Topliss-reactive ketones (excluding diaryl/α,β-unsaturated/α-hetero) is 1. The number of nitrogens with zero attached hydrogens (tertiary/aromatic N) is 2. The van der Waals surface area contributed by atoms with Gasteiger partial charge in [0.05, 0.1) is 0 Å². The van der Waals surface area contributed by atoms with E-state index in [1.165, 1.54) is 0 Å². The molecule has 2 aromatic carbocycles. The van der Waals surface area contributed by atoms with Crippen LogP contribution < -0.4 is 10.6 Å². The summed E-state index contributed by atoms with van der Waals surface area (Å²) in [6, 6.07) is 13.5. The molecule has 32 heavy (non-hydrogen) atoms. The molecule has 0 unspecified atom stereocenters. The smallest absolute Gasteiger partial charge is 0.257 e. The minimum Gasteiger partial charge on any atom is -0.355 e. The molecule has 2 aliphatic rings. The summed E-state index contributed by atoms with van der Waals surface area (Å²) in [5.74, 6) is 1.46. The van der Waals surface area contributed by atoms with Crippen molar-refractivity contribution >= 4 is 29.0 Å². The Kier molecular flexibility index (Phi) is 6.58. The summed E-state index contributed by atoms with van der Waals surface area (Å²) < 4.78 is 0. The molecular formula is C26H32N4O2. The summed E-state index contributed by atoms with van der Waals surface area (Å²) in [6.45, 7) is 5.75. The van der Waals surface area contributed by atoms with Crippen molar-refractivity contribution in [3.05, 3.63) is 59.2 Å². The Balaban J connectivity index is 1.52. The molecule has 2 N–H and O–H groups in total. The molecule has 0 radical (unpaired) electrons. The molecule has 0 atom stereocenters. The molecular weight excluding hydrogens is 400 g/mol. The molecule has 1 saturated carbocycles. The minimum atomic E-state index is -0.132. The molecule has 1 aliphatic heterocycles. The first-order valence-electron chi connectivity index (χ1n) is 11.5.